The third kappa shape index (κ3) is 5.69. The fraction of sp³-hybridized carbons (Fsp3) is 0.448. The number of benzene rings is 2. The van der Waals surface area contributed by atoms with E-state index < -0.39 is 0 Å². The third-order valence-corrected chi connectivity index (χ3v) is 7.23. The summed E-state index contributed by atoms with van der Waals surface area (Å²) in [4.78, 5) is 30.4. The number of unbranched alkanes of at least 4 members (excludes halogenated alkanes) is 1. The molecule has 5 nitrogen and oxygen atoms in total. The summed E-state index contributed by atoms with van der Waals surface area (Å²) in [5.74, 6) is 3.75. The zero-order chi connectivity index (χ0) is 23.9. The van der Waals surface area contributed by atoms with Crippen LogP contribution in [0.25, 0.3) is 0 Å². The van der Waals surface area contributed by atoms with E-state index in [2.05, 4.69) is 23.2 Å². The molecule has 1 fully saturated rings. The monoisotopic (exact) mass is 457 g/mol. The molecule has 0 atom stereocenters. The van der Waals surface area contributed by atoms with Gasteiger partial charge in [0.1, 0.15) is 0 Å². The van der Waals surface area contributed by atoms with Gasteiger partial charge in [-0.25, -0.2) is 0 Å². The Hall–Kier alpha value is -3.10. The fourth-order valence-corrected chi connectivity index (χ4v) is 5.34. The standard InChI is InChI=1S/C29H35N3O2/c1-3-19-31(2)20-9-8-10-22-15-17-23(18-16-22)21-28(33)32-26-13-6-4-11-24(26)29(34)30-25-12-5-7-14-27(25)32/h1,4-7,11-14,22-23H,8-10,15-21H2,2H3,(H,30,34). The Morgan fingerprint density at radius 3 is 2.47 bits per heavy atom. The van der Waals surface area contributed by atoms with Crippen LogP contribution in [0.4, 0.5) is 17.1 Å². The molecular weight excluding hydrogens is 422 g/mol. The maximum absolute atomic E-state index is 13.6. The molecule has 1 N–H and O–H groups in total. The number of amides is 2. The van der Waals surface area contributed by atoms with E-state index in [9.17, 15) is 9.59 Å². The summed E-state index contributed by atoms with van der Waals surface area (Å²) in [5.41, 5.74) is 2.62. The van der Waals surface area contributed by atoms with Gasteiger partial charge in [0.2, 0.25) is 5.91 Å². The Morgan fingerprint density at radius 2 is 1.71 bits per heavy atom. The number of anilines is 3. The first-order chi connectivity index (χ1) is 16.6. The minimum absolute atomic E-state index is 0.0661. The van der Waals surface area contributed by atoms with Crippen LogP contribution in [0.3, 0.4) is 0 Å². The number of terminal acetylenes is 1. The van der Waals surface area contributed by atoms with Crippen LogP contribution < -0.4 is 10.2 Å². The number of carbonyl (C=O) groups is 2. The number of nitrogens with one attached hydrogen (secondary N) is 1. The summed E-state index contributed by atoms with van der Waals surface area (Å²) < 4.78 is 0. The topological polar surface area (TPSA) is 52.7 Å². The number of carbonyl (C=O) groups excluding carboxylic acids is 2. The van der Waals surface area contributed by atoms with Crippen molar-refractivity contribution in [1.82, 2.24) is 4.90 Å². The van der Waals surface area contributed by atoms with Gasteiger partial charge in [0.25, 0.3) is 5.91 Å². The van der Waals surface area contributed by atoms with Gasteiger partial charge in [-0.2, -0.15) is 0 Å². The van der Waals surface area contributed by atoms with Gasteiger partial charge in [-0.05, 0) is 69.0 Å². The van der Waals surface area contributed by atoms with Gasteiger partial charge in [-0.3, -0.25) is 19.4 Å². The number of para-hydroxylation sites is 3. The summed E-state index contributed by atoms with van der Waals surface area (Å²) in [7, 11) is 2.08. The predicted molar refractivity (Wildman–Crippen MR) is 138 cm³/mol. The maximum atomic E-state index is 13.6. The van der Waals surface area contributed by atoms with Gasteiger partial charge in [0.15, 0.2) is 0 Å². The molecule has 2 aliphatic rings. The molecule has 0 aromatic heterocycles. The summed E-state index contributed by atoms with van der Waals surface area (Å²) in [6, 6.07) is 14.9. The number of rotatable bonds is 8. The zero-order valence-electron chi connectivity index (χ0n) is 20.1. The van der Waals surface area contributed by atoms with Crippen molar-refractivity contribution in [2.24, 2.45) is 11.8 Å². The van der Waals surface area contributed by atoms with Crippen molar-refractivity contribution >= 4 is 28.9 Å². The molecule has 2 aromatic rings. The Bertz CT molecular complexity index is 1050. The molecule has 2 amide bonds. The molecule has 1 heterocycles. The number of hydrogen-bond acceptors (Lipinski definition) is 3. The average molecular weight is 458 g/mol. The van der Waals surface area contributed by atoms with E-state index in [0.717, 1.165) is 37.5 Å². The highest BCUT2D eigenvalue weighted by Gasteiger charge is 2.31. The normalized spacial score (nSPS) is 19.6. The lowest BCUT2D eigenvalue weighted by Crippen LogP contribution is -2.29. The van der Waals surface area contributed by atoms with Crippen LogP contribution in [-0.2, 0) is 4.79 Å². The lowest BCUT2D eigenvalue weighted by Gasteiger charge is -2.31. The van der Waals surface area contributed by atoms with Crippen molar-refractivity contribution in [2.75, 3.05) is 30.4 Å². The summed E-state index contributed by atoms with van der Waals surface area (Å²) in [6.45, 7) is 1.78. The van der Waals surface area contributed by atoms with Gasteiger partial charge in [0.05, 0.1) is 29.2 Å². The molecule has 0 spiro atoms. The lowest BCUT2D eigenvalue weighted by atomic mass is 9.78. The lowest BCUT2D eigenvalue weighted by molar-refractivity contribution is -0.119. The Kier molecular flexibility index (Phi) is 8.03. The van der Waals surface area contributed by atoms with Crippen LogP contribution in [0, 0.1) is 24.2 Å². The first kappa shape index (κ1) is 24.0. The predicted octanol–water partition coefficient (Wildman–Crippen LogP) is 5.85. The van der Waals surface area contributed by atoms with Crippen molar-refractivity contribution in [3.05, 3.63) is 54.1 Å². The molecule has 1 saturated carbocycles. The van der Waals surface area contributed by atoms with Crippen LogP contribution >= 0.6 is 0 Å². The number of nitrogens with zero attached hydrogens (tertiary/aromatic N) is 2. The van der Waals surface area contributed by atoms with Crippen molar-refractivity contribution in [2.45, 2.75) is 51.4 Å². The minimum Gasteiger partial charge on any atom is -0.320 e. The second-order valence-electron chi connectivity index (χ2n) is 9.75. The van der Waals surface area contributed by atoms with Crippen molar-refractivity contribution in [1.29, 1.82) is 0 Å². The second-order valence-corrected chi connectivity index (χ2v) is 9.75. The highest BCUT2D eigenvalue weighted by Crippen LogP contribution is 2.40. The Morgan fingerprint density at radius 1 is 1.03 bits per heavy atom. The zero-order valence-corrected chi connectivity index (χ0v) is 20.1. The van der Waals surface area contributed by atoms with E-state index in [1.54, 1.807) is 11.0 Å². The number of fused-ring (bicyclic) bond motifs is 2. The first-order valence-electron chi connectivity index (χ1n) is 12.5. The first-order valence-corrected chi connectivity index (χ1v) is 12.5. The van der Waals surface area contributed by atoms with Gasteiger partial charge in [-0.15, -0.1) is 6.42 Å². The second kappa shape index (κ2) is 11.4. The van der Waals surface area contributed by atoms with Gasteiger partial charge < -0.3 is 5.32 Å². The van der Waals surface area contributed by atoms with Gasteiger partial charge >= 0.3 is 0 Å². The molecule has 178 valence electrons. The van der Waals surface area contributed by atoms with Gasteiger partial charge in [-0.1, -0.05) is 55.9 Å². The van der Waals surface area contributed by atoms with Crippen LogP contribution in [0.1, 0.15) is 61.7 Å². The van der Waals surface area contributed by atoms with Crippen LogP contribution in [0.5, 0.6) is 0 Å². The van der Waals surface area contributed by atoms with Crippen LogP contribution in [0.2, 0.25) is 0 Å². The van der Waals surface area contributed by atoms with E-state index in [1.807, 2.05) is 42.5 Å². The summed E-state index contributed by atoms with van der Waals surface area (Å²) >= 11 is 0. The molecule has 0 saturated heterocycles. The van der Waals surface area contributed by atoms with E-state index in [0.29, 0.717) is 29.3 Å². The molecule has 4 rings (SSSR count). The molecule has 1 aliphatic carbocycles. The molecule has 34 heavy (non-hydrogen) atoms. The molecule has 1 aliphatic heterocycles. The molecule has 0 bridgehead atoms. The quantitative estimate of drug-likeness (QED) is 0.400. The molecule has 2 aromatic carbocycles. The Labute approximate surface area is 203 Å². The SMILES string of the molecule is C#CCN(C)CCCCC1CCC(CC(=O)N2c3ccccc3NC(=O)c3ccccc32)CC1. The highest BCUT2D eigenvalue weighted by molar-refractivity contribution is 6.17. The number of hydrogen-bond donors (Lipinski definition) is 1. The highest BCUT2D eigenvalue weighted by atomic mass is 16.2. The molecule has 0 radical (unpaired) electrons. The van der Waals surface area contributed by atoms with Crippen LogP contribution in [0.15, 0.2) is 48.5 Å². The average Bonchev–Trinajstić information content (AvgIpc) is 2.97. The Balaban J connectivity index is 1.35. The van der Waals surface area contributed by atoms with Crippen molar-refractivity contribution < 1.29 is 9.59 Å². The van der Waals surface area contributed by atoms with E-state index in [4.69, 9.17) is 6.42 Å². The fourth-order valence-electron chi connectivity index (χ4n) is 5.34. The van der Waals surface area contributed by atoms with E-state index in [-0.39, 0.29) is 11.8 Å². The van der Waals surface area contributed by atoms with Crippen molar-refractivity contribution in [3.8, 4) is 12.3 Å². The molecular formula is C29H35N3O2. The summed E-state index contributed by atoms with van der Waals surface area (Å²) in [5, 5.41) is 2.97. The van der Waals surface area contributed by atoms with Crippen LogP contribution in [-0.4, -0.2) is 36.9 Å². The largest absolute Gasteiger partial charge is 0.320 e. The minimum atomic E-state index is -0.177. The third-order valence-electron chi connectivity index (χ3n) is 7.23. The smallest absolute Gasteiger partial charge is 0.257 e. The summed E-state index contributed by atoms with van der Waals surface area (Å²) in [6.07, 6.45) is 14.2. The van der Waals surface area contributed by atoms with E-state index in [1.165, 1.54) is 32.1 Å². The van der Waals surface area contributed by atoms with Crippen molar-refractivity contribution in [3.63, 3.8) is 0 Å². The maximum Gasteiger partial charge on any atom is 0.257 e. The van der Waals surface area contributed by atoms with E-state index >= 15 is 0 Å². The molecule has 0 unspecified atom stereocenters. The molecule has 5 heteroatoms. The van der Waals surface area contributed by atoms with Gasteiger partial charge in [0, 0.05) is 6.42 Å².